The molecule has 1 N–H and O–H groups in total. The Labute approximate surface area is 105 Å². The molecule has 0 spiro atoms. The van der Waals surface area contributed by atoms with Gasteiger partial charge < -0.3 is 15.0 Å². The number of thiocarbonyl (C=S) groups is 1. The zero-order valence-electron chi connectivity index (χ0n) is 10.7. The molecule has 3 nitrogen and oxygen atoms in total. The van der Waals surface area contributed by atoms with Gasteiger partial charge in [0.1, 0.15) is 0 Å². The van der Waals surface area contributed by atoms with Gasteiger partial charge >= 0.3 is 0 Å². The summed E-state index contributed by atoms with van der Waals surface area (Å²) < 4.78 is 5.10. The summed E-state index contributed by atoms with van der Waals surface area (Å²) in [5.74, 6) is 0. The maximum absolute atomic E-state index is 5.47. The minimum atomic E-state index is 0.289. The average molecular weight is 244 g/mol. The Kier molecular flexibility index (Phi) is 6.06. The van der Waals surface area contributed by atoms with Crippen molar-refractivity contribution in [2.24, 2.45) is 0 Å². The number of hydrogen-bond donors (Lipinski definition) is 1. The number of likely N-dealkylation sites (tertiary alicyclic amines) is 1. The van der Waals surface area contributed by atoms with E-state index in [2.05, 4.69) is 24.1 Å². The second-order valence-corrected chi connectivity index (χ2v) is 4.94. The second-order valence-electron chi connectivity index (χ2n) is 4.56. The standard InChI is InChI=1S/C12H24N2OS/c1-4-11-7-5-6-8-14(11)12(16)13-10(2)9-15-3/h10-11H,4-9H2,1-3H3,(H,13,16). The van der Waals surface area contributed by atoms with Crippen molar-refractivity contribution in [2.45, 2.75) is 51.6 Å². The fourth-order valence-electron chi connectivity index (χ4n) is 2.28. The minimum Gasteiger partial charge on any atom is -0.383 e. The van der Waals surface area contributed by atoms with Crippen LogP contribution in [-0.4, -0.2) is 42.4 Å². The summed E-state index contributed by atoms with van der Waals surface area (Å²) in [7, 11) is 1.72. The highest BCUT2D eigenvalue weighted by atomic mass is 32.1. The van der Waals surface area contributed by atoms with Crippen molar-refractivity contribution < 1.29 is 4.74 Å². The highest BCUT2D eigenvalue weighted by molar-refractivity contribution is 7.80. The third-order valence-electron chi connectivity index (χ3n) is 3.15. The number of ether oxygens (including phenoxy) is 1. The van der Waals surface area contributed by atoms with Crippen LogP contribution in [0.3, 0.4) is 0 Å². The molecular formula is C12H24N2OS. The Morgan fingerprint density at radius 3 is 2.94 bits per heavy atom. The first-order valence-corrected chi connectivity index (χ1v) is 6.66. The number of methoxy groups -OCH3 is 1. The molecule has 1 aliphatic heterocycles. The molecule has 0 saturated carbocycles. The first-order chi connectivity index (χ1) is 7.69. The molecule has 1 rings (SSSR count). The Bertz CT molecular complexity index is 223. The van der Waals surface area contributed by atoms with E-state index in [9.17, 15) is 0 Å². The second kappa shape index (κ2) is 7.07. The molecule has 1 fully saturated rings. The van der Waals surface area contributed by atoms with Crippen LogP contribution in [0.25, 0.3) is 0 Å². The molecule has 1 aliphatic rings. The summed E-state index contributed by atoms with van der Waals surface area (Å²) in [5, 5.41) is 4.25. The molecule has 0 aromatic rings. The lowest BCUT2D eigenvalue weighted by Crippen LogP contribution is -2.51. The molecule has 1 heterocycles. The van der Waals surface area contributed by atoms with Gasteiger partial charge in [-0.15, -0.1) is 0 Å². The number of rotatable bonds is 4. The van der Waals surface area contributed by atoms with E-state index in [1.54, 1.807) is 7.11 Å². The highest BCUT2D eigenvalue weighted by Gasteiger charge is 2.23. The molecular weight excluding hydrogens is 220 g/mol. The Morgan fingerprint density at radius 2 is 2.31 bits per heavy atom. The molecule has 4 heteroatoms. The summed E-state index contributed by atoms with van der Waals surface area (Å²) in [6, 6.07) is 0.917. The van der Waals surface area contributed by atoms with Gasteiger partial charge in [-0.1, -0.05) is 6.92 Å². The van der Waals surface area contributed by atoms with E-state index in [1.165, 1.54) is 25.7 Å². The van der Waals surface area contributed by atoms with E-state index >= 15 is 0 Å². The SMILES string of the molecule is CCC1CCCCN1C(=S)NC(C)COC. The van der Waals surface area contributed by atoms with E-state index in [0.717, 1.165) is 11.7 Å². The zero-order valence-corrected chi connectivity index (χ0v) is 11.5. The predicted molar refractivity (Wildman–Crippen MR) is 71.7 cm³/mol. The van der Waals surface area contributed by atoms with Crippen molar-refractivity contribution in [3.63, 3.8) is 0 Å². The number of nitrogens with one attached hydrogen (secondary N) is 1. The molecule has 0 bridgehead atoms. The van der Waals surface area contributed by atoms with Crippen molar-refractivity contribution in [1.82, 2.24) is 10.2 Å². The summed E-state index contributed by atoms with van der Waals surface area (Å²) in [6.45, 7) is 6.14. The van der Waals surface area contributed by atoms with Gasteiger partial charge in [0.05, 0.1) is 6.61 Å². The van der Waals surface area contributed by atoms with Gasteiger partial charge in [0.2, 0.25) is 0 Å². The first-order valence-electron chi connectivity index (χ1n) is 6.25. The Balaban J connectivity index is 2.44. The van der Waals surface area contributed by atoms with Gasteiger partial charge in [0.25, 0.3) is 0 Å². The lowest BCUT2D eigenvalue weighted by Gasteiger charge is -2.38. The molecule has 16 heavy (non-hydrogen) atoms. The number of hydrogen-bond acceptors (Lipinski definition) is 2. The van der Waals surface area contributed by atoms with Gasteiger partial charge in [0, 0.05) is 25.7 Å². The normalized spacial score (nSPS) is 22.9. The summed E-state index contributed by atoms with van der Waals surface area (Å²) in [5.41, 5.74) is 0. The fraction of sp³-hybridized carbons (Fsp3) is 0.917. The van der Waals surface area contributed by atoms with Gasteiger partial charge in [-0.25, -0.2) is 0 Å². The van der Waals surface area contributed by atoms with E-state index < -0.39 is 0 Å². The van der Waals surface area contributed by atoms with E-state index in [0.29, 0.717) is 12.6 Å². The van der Waals surface area contributed by atoms with E-state index in [4.69, 9.17) is 17.0 Å². The van der Waals surface area contributed by atoms with Crippen LogP contribution < -0.4 is 5.32 Å². The monoisotopic (exact) mass is 244 g/mol. The van der Waals surface area contributed by atoms with E-state index in [1.807, 2.05) is 0 Å². The third-order valence-corrected chi connectivity index (χ3v) is 3.50. The summed E-state index contributed by atoms with van der Waals surface area (Å²) in [6.07, 6.45) is 5.06. The van der Waals surface area contributed by atoms with Crippen molar-refractivity contribution in [3.05, 3.63) is 0 Å². The van der Waals surface area contributed by atoms with Crippen LogP contribution in [0, 0.1) is 0 Å². The lowest BCUT2D eigenvalue weighted by molar-refractivity contribution is 0.174. The van der Waals surface area contributed by atoms with Crippen LogP contribution in [0.5, 0.6) is 0 Å². The Morgan fingerprint density at radius 1 is 1.56 bits per heavy atom. The smallest absolute Gasteiger partial charge is 0.169 e. The van der Waals surface area contributed by atoms with Crippen molar-refractivity contribution >= 4 is 17.3 Å². The third kappa shape index (κ3) is 3.91. The topological polar surface area (TPSA) is 24.5 Å². The van der Waals surface area contributed by atoms with Crippen LogP contribution in [0.4, 0.5) is 0 Å². The molecule has 0 aromatic heterocycles. The Hall–Kier alpha value is -0.350. The van der Waals surface area contributed by atoms with Gasteiger partial charge in [-0.2, -0.15) is 0 Å². The van der Waals surface area contributed by atoms with Crippen molar-refractivity contribution in [3.8, 4) is 0 Å². The van der Waals surface area contributed by atoms with Gasteiger partial charge in [-0.05, 0) is 44.8 Å². The molecule has 94 valence electrons. The molecule has 0 amide bonds. The maximum atomic E-state index is 5.47. The van der Waals surface area contributed by atoms with Crippen LogP contribution >= 0.6 is 12.2 Å². The summed E-state index contributed by atoms with van der Waals surface area (Å²) in [4.78, 5) is 2.35. The van der Waals surface area contributed by atoms with Crippen LogP contribution in [-0.2, 0) is 4.74 Å². The molecule has 2 unspecified atom stereocenters. The quantitative estimate of drug-likeness (QED) is 0.766. The number of nitrogens with zero attached hydrogens (tertiary/aromatic N) is 1. The average Bonchev–Trinajstić information content (AvgIpc) is 2.29. The minimum absolute atomic E-state index is 0.289. The summed E-state index contributed by atoms with van der Waals surface area (Å²) >= 11 is 5.47. The van der Waals surface area contributed by atoms with E-state index in [-0.39, 0.29) is 6.04 Å². The predicted octanol–water partition coefficient (Wildman–Crippen LogP) is 2.16. The van der Waals surface area contributed by atoms with Gasteiger partial charge in [-0.3, -0.25) is 0 Å². The van der Waals surface area contributed by atoms with Gasteiger partial charge in [0.15, 0.2) is 5.11 Å². The fourth-order valence-corrected chi connectivity index (χ4v) is 2.72. The van der Waals surface area contributed by atoms with Crippen LogP contribution in [0.2, 0.25) is 0 Å². The largest absolute Gasteiger partial charge is 0.383 e. The zero-order chi connectivity index (χ0) is 12.0. The molecule has 0 aromatic carbocycles. The number of piperidine rings is 1. The van der Waals surface area contributed by atoms with Crippen molar-refractivity contribution in [2.75, 3.05) is 20.3 Å². The molecule has 0 aliphatic carbocycles. The van der Waals surface area contributed by atoms with Crippen LogP contribution in [0.1, 0.15) is 39.5 Å². The lowest BCUT2D eigenvalue weighted by atomic mass is 10.0. The first kappa shape index (κ1) is 13.7. The molecule has 2 atom stereocenters. The van der Waals surface area contributed by atoms with Crippen LogP contribution in [0.15, 0.2) is 0 Å². The molecule has 0 radical (unpaired) electrons. The maximum Gasteiger partial charge on any atom is 0.169 e. The molecule has 1 saturated heterocycles. The highest BCUT2D eigenvalue weighted by Crippen LogP contribution is 2.19. The van der Waals surface area contributed by atoms with Crippen molar-refractivity contribution in [1.29, 1.82) is 0 Å².